The number of H-pyrrole nitrogens is 1. The minimum Gasteiger partial charge on any atom is -0.380 e. The third kappa shape index (κ3) is 3.77. The Labute approximate surface area is 227 Å². The van der Waals surface area contributed by atoms with E-state index in [-0.39, 0.29) is 11.3 Å². The highest BCUT2D eigenvalue weighted by Crippen LogP contribution is 2.46. The molecule has 2 aromatic carbocycles. The maximum Gasteiger partial charge on any atom is 0.253 e. The van der Waals surface area contributed by atoms with Crippen LogP contribution in [0.25, 0.3) is 33.4 Å². The van der Waals surface area contributed by atoms with Crippen molar-refractivity contribution in [1.82, 2.24) is 25.0 Å². The van der Waals surface area contributed by atoms with Crippen molar-refractivity contribution in [3.05, 3.63) is 66.4 Å². The lowest BCUT2D eigenvalue weighted by Crippen LogP contribution is -2.67. The van der Waals surface area contributed by atoms with Gasteiger partial charge in [0.15, 0.2) is 5.65 Å². The number of aromatic nitrogens is 3. The Morgan fingerprint density at radius 2 is 1.67 bits per heavy atom. The van der Waals surface area contributed by atoms with Gasteiger partial charge in [0.05, 0.1) is 29.9 Å². The molecule has 4 fully saturated rings. The number of aromatic amines is 1. The van der Waals surface area contributed by atoms with Crippen LogP contribution in [0.4, 0.5) is 5.69 Å². The minimum absolute atomic E-state index is 0.0961. The van der Waals surface area contributed by atoms with Crippen molar-refractivity contribution in [2.75, 3.05) is 57.9 Å². The number of likely N-dealkylation sites (N-methyl/N-ethyl adjacent to an activating group) is 1. The van der Waals surface area contributed by atoms with Gasteiger partial charge in [0, 0.05) is 66.7 Å². The second kappa shape index (κ2) is 8.37. The van der Waals surface area contributed by atoms with Crippen LogP contribution >= 0.6 is 0 Å². The first kappa shape index (κ1) is 23.2. The number of rotatable bonds is 4. The number of likely N-dealkylation sites (tertiary alicyclic amines) is 1. The summed E-state index contributed by atoms with van der Waals surface area (Å²) in [5, 5.41) is 10.0. The molecule has 1 saturated carbocycles. The largest absolute Gasteiger partial charge is 0.380 e. The fourth-order valence-electron chi connectivity index (χ4n) is 6.72. The summed E-state index contributed by atoms with van der Waals surface area (Å²) in [5.74, 6) is 0.0961. The molecule has 4 aromatic rings. The average Bonchev–Trinajstić information content (AvgIpc) is 3.53. The topological polar surface area (TPSA) is 77.6 Å². The molecular formula is C31H32N6O2. The zero-order chi connectivity index (χ0) is 26.2. The summed E-state index contributed by atoms with van der Waals surface area (Å²) in [6.45, 7) is 6.49. The molecule has 0 bridgehead atoms. The highest BCUT2D eigenvalue weighted by molar-refractivity contribution is 5.98. The predicted octanol–water partition coefficient (Wildman–Crippen LogP) is 4.05. The van der Waals surface area contributed by atoms with Crippen molar-refractivity contribution >= 4 is 22.6 Å². The summed E-state index contributed by atoms with van der Waals surface area (Å²) in [6, 6.07) is 18.8. The van der Waals surface area contributed by atoms with E-state index in [1.165, 1.54) is 18.5 Å². The smallest absolute Gasteiger partial charge is 0.253 e. The number of hydrogen-bond acceptors (Lipinski definition) is 6. The van der Waals surface area contributed by atoms with Crippen LogP contribution < -0.4 is 4.90 Å². The normalized spacial score (nSPS) is 21.3. The van der Waals surface area contributed by atoms with Gasteiger partial charge in [-0.1, -0.05) is 24.3 Å². The van der Waals surface area contributed by atoms with E-state index in [0.717, 1.165) is 84.9 Å². The number of piperazine rings is 1. The highest BCUT2D eigenvalue weighted by Gasteiger charge is 2.51. The highest BCUT2D eigenvalue weighted by atomic mass is 16.5. The summed E-state index contributed by atoms with van der Waals surface area (Å²) in [7, 11) is 2.23. The molecule has 8 nitrogen and oxygen atoms in total. The fraction of sp³-hybridized carbons (Fsp3) is 0.387. The zero-order valence-corrected chi connectivity index (χ0v) is 22.2. The minimum atomic E-state index is 0.0961. The van der Waals surface area contributed by atoms with Crippen LogP contribution in [0.3, 0.4) is 0 Å². The van der Waals surface area contributed by atoms with Crippen LogP contribution in [0.2, 0.25) is 0 Å². The average molecular weight is 521 g/mol. The molecule has 3 saturated heterocycles. The molecule has 3 aliphatic heterocycles. The number of anilines is 1. The predicted molar refractivity (Wildman–Crippen MR) is 151 cm³/mol. The molecule has 4 aliphatic rings. The van der Waals surface area contributed by atoms with Crippen LogP contribution in [0, 0.1) is 5.41 Å². The van der Waals surface area contributed by atoms with E-state index < -0.39 is 0 Å². The lowest BCUT2D eigenvalue weighted by atomic mass is 9.78. The molecule has 0 radical (unpaired) electrons. The van der Waals surface area contributed by atoms with Crippen LogP contribution in [0.1, 0.15) is 23.2 Å². The van der Waals surface area contributed by atoms with Crippen LogP contribution in [-0.2, 0) is 4.74 Å². The Bertz CT molecular complexity index is 1560. The first-order valence-corrected chi connectivity index (χ1v) is 13.9. The third-order valence-corrected chi connectivity index (χ3v) is 9.18. The van der Waals surface area contributed by atoms with Crippen LogP contribution in [0.5, 0.6) is 0 Å². The molecule has 0 unspecified atom stereocenters. The Balaban J connectivity index is 1.03. The van der Waals surface area contributed by atoms with Crippen molar-refractivity contribution in [3.8, 4) is 22.4 Å². The molecule has 5 heterocycles. The van der Waals surface area contributed by atoms with Gasteiger partial charge >= 0.3 is 0 Å². The van der Waals surface area contributed by atoms with Crippen LogP contribution in [-0.4, -0.2) is 89.4 Å². The second-order valence-corrected chi connectivity index (χ2v) is 12.1. The van der Waals surface area contributed by atoms with E-state index >= 15 is 0 Å². The van der Waals surface area contributed by atoms with E-state index in [1.54, 1.807) is 0 Å². The molecule has 2 aromatic heterocycles. The number of carbonyl (C=O) groups excluding carboxylic acids is 1. The Kier molecular flexibility index (Phi) is 4.97. The van der Waals surface area contributed by atoms with Gasteiger partial charge in [0.1, 0.15) is 0 Å². The van der Waals surface area contributed by atoms with Gasteiger partial charge in [-0.05, 0) is 55.8 Å². The van der Waals surface area contributed by atoms with E-state index in [2.05, 4.69) is 62.4 Å². The summed E-state index contributed by atoms with van der Waals surface area (Å²) in [4.78, 5) is 23.1. The number of ether oxygens (including phenoxy) is 1. The Morgan fingerprint density at radius 1 is 0.923 bits per heavy atom. The van der Waals surface area contributed by atoms with Gasteiger partial charge in [-0.3, -0.25) is 4.79 Å². The number of benzene rings is 2. The molecule has 1 aliphatic carbocycles. The van der Waals surface area contributed by atoms with Crippen LogP contribution in [0.15, 0.2) is 60.8 Å². The molecular weight excluding hydrogens is 488 g/mol. The van der Waals surface area contributed by atoms with Gasteiger partial charge in [0.2, 0.25) is 0 Å². The Morgan fingerprint density at radius 3 is 2.36 bits per heavy atom. The van der Waals surface area contributed by atoms with Crippen molar-refractivity contribution in [2.45, 2.75) is 18.4 Å². The maximum atomic E-state index is 12.9. The van der Waals surface area contributed by atoms with E-state index in [0.29, 0.717) is 5.54 Å². The standard InChI is InChI=1S/C31H32N6O2/c1-35-12-13-37(31(18-35)10-11-31)24-8-6-22(7-9-24)27-14-25-26(15-32-28(25)34-33-27)21-2-4-23(5-3-21)29(38)36-16-30(17-36)19-39-20-30/h2-9,14-15H,10-13,16-20H2,1H3,(H,32,34). The molecule has 0 atom stereocenters. The molecule has 8 rings (SSSR count). The third-order valence-electron chi connectivity index (χ3n) is 9.18. The van der Waals surface area contributed by atoms with Crippen molar-refractivity contribution in [1.29, 1.82) is 0 Å². The van der Waals surface area contributed by atoms with Crippen molar-refractivity contribution in [3.63, 3.8) is 0 Å². The van der Waals surface area contributed by atoms with E-state index in [1.807, 2.05) is 35.4 Å². The lowest BCUT2D eigenvalue weighted by molar-refractivity contribution is -0.176. The number of nitrogens with one attached hydrogen (secondary N) is 1. The first-order valence-electron chi connectivity index (χ1n) is 13.9. The SMILES string of the molecule is CN1CCN(c2ccc(-c3cc4c(-c5ccc(C(=O)N6CC7(COC7)C6)cc5)c[nH]c4nn3)cc2)C2(CC2)C1. The van der Waals surface area contributed by atoms with Crippen molar-refractivity contribution in [2.24, 2.45) is 5.41 Å². The van der Waals surface area contributed by atoms with Gasteiger partial charge in [-0.25, -0.2) is 0 Å². The maximum absolute atomic E-state index is 12.9. The van der Waals surface area contributed by atoms with Gasteiger partial charge in [-0.2, -0.15) is 0 Å². The number of hydrogen-bond donors (Lipinski definition) is 1. The second-order valence-electron chi connectivity index (χ2n) is 12.1. The number of amides is 1. The summed E-state index contributed by atoms with van der Waals surface area (Å²) >= 11 is 0. The lowest BCUT2D eigenvalue weighted by Gasteiger charge is -2.54. The molecule has 198 valence electrons. The summed E-state index contributed by atoms with van der Waals surface area (Å²) in [6.07, 6.45) is 4.53. The van der Waals surface area contributed by atoms with Gasteiger partial charge in [-0.15, -0.1) is 10.2 Å². The zero-order valence-electron chi connectivity index (χ0n) is 22.2. The number of fused-ring (bicyclic) bond motifs is 1. The monoisotopic (exact) mass is 520 g/mol. The fourth-order valence-corrected chi connectivity index (χ4v) is 6.72. The van der Waals surface area contributed by atoms with Crippen molar-refractivity contribution < 1.29 is 9.53 Å². The summed E-state index contributed by atoms with van der Waals surface area (Å²) in [5.41, 5.74) is 7.35. The molecule has 2 spiro atoms. The molecule has 8 heteroatoms. The van der Waals surface area contributed by atoms with Gasteiger partial charge < -0.3 is 24.4 Å². The van der Waals surface area contributed by atoms with Gasteiger partial charge in [0.25, 0.3) is 5.91 Å². The molecule has 1 N–H and O–H groups in total. The molecule has 1 amide bonds. The number of nitrogens with zero attached hydrogens (tertiary/aromatic N) is 5. The number of carbonyl (C=O) groups is 1. The molecule has 39 heavy (non-hydrogen) atoms. The summed E-state index contributed by atoms with van der Waals surface area (Å²) < 4.78 is 5.33. The Hall–Kier alpha value is -3.75. The quantitative estimate of drug-likeness (QED) is 0.438. The van der Waals surface area contributed by atoms with E-state index in [4.69, 9.17) is 4.74 Å². The van der Waals surface area contributed by atoms with E-state index in [9.17, 15) is 4.79 Å². The first-order chi connectivity index (χ1) is 19.0.